The first-order valence-electron chi connectivity index (χ1n) is 9.73. The van der Waals surface area contributed by atoms with Crippen LogP contribution in [0.2, 0.25) is 0 Å². The fourth-order valence-corrected chi connectivity index (χ4v) is 4.85. The van der Waals surface area contributed by atoms with Crippen LogP contribution in [0.25, 0.3) is 21.9 Å². The summed E-state index contributed by atoms with van der Waals surface area (Å²) < 4.78 is 5.46. The number of phenols is 2. The molecule has 2 unspecified atom stereocenters. The Morgan fingerprint density at radius 2 is 1.89 bits per heavy atom. The molecule has 4 heteroatoms. The smallest absolute Gasteiger partial charge is 0.130 e. The van der Waals surface area contributed by atoms with Gasteiger partial charge in [0.05, 0.1) is 19.1 Å². The van der Waals surface area contributed by atoms with Crippen molar-refractivity contribution in [3.05, 3.63) is 53.1 Å². The van der Waals surface area contributed by atoms with E-state index in [2.05, 4.69) is 19.9 Å². The summed E-state index contributed by atoms with van der Waals surface area (Å²) in [6, 6.07) is 11.0. The Hall–Kier alpha value is -2.72. The lowest BCUT2D eigenvalue weighted by Crippen LogP contribution is -2.15. The average Bonchev–Trinajstić information content (AvgIpc) is 2.67. The molecule has 4 nitrogen and oxygen atoms in total. The molecule has 2 atom stereocenters. The van der Waals surface area contributed by atoms with E-state index in [0.717, 1.165) is 29.4 Å². The van der Waals surface area contributed by atoms with Crippen LogP contribution < -0.4 is 4.74 Å². The maximum Gasteiger partial charge on any atom is 0.130 e. The number of rotatable bonds is 3. The van der Waals surface area contributed by atoms with Crippen LogP contribution in [0.15, 0.2) is 36.4 Å². The van der Waals surface area contributed by atoms with Crippen LogP contribution in [0, 0.1) is 5.92 Å². The van der Waals surface area contributed by atoms with Crippen LogP contribution in [0.3, 0.4) is 0 Å². The van der Waals surface area contributed by atoms with Gasteiger partial charge in [-0.2, -0.15) is 0 Å². The van der Waals surface area contributed by atoms with Crippen molar-refractivity contribution in [2.45, 2.75) is 39.2 Å². The quantitative estimate of drug-likeness (QED) is 0.593. The lowest BCUT2D eigenvalue weighted by molar-refractivity contribution is 0.281. The summed E-state index contributed by atoms with van der Waals surface area (Å²) in [5.74, 6) is 1.76. The highest BCUT2D eigenvalue weighted by Crippen LogP contribution is 2.48. The van der Waals surface area contributed by atoms with E-state index in [1.807, 2.05) is 12.1 Å². The monoisotopic (exact) mass is 378 g/mol. The number of methoxy groups -OCH3 is 1. The molecular formula is C24H26O4. The van der Waals surface area contributed by atoms with E-state index >= 15 is 0 Å². The van der Waals surface area contributed by atoms with Crippen molar-refractivity contribution in [2.24, 2.45) is 5.92 Å². The number of hydrogen-bond donors (Lipinski definition) is 3. The Balaban J connectivity index is 2.06. The van der Waals surface area contributed by atoms with E-state index in [-0.39, 0.29) is 24.0 Å². The first kappa shape index (κ1) is 18.6. The molecule has 1 aliphatic rings. The SMILES string of the molecule is COc1cc(CO)c(-c2ccc3c(c2O)C(C)CC(C)C3)c2cccc(O)c12. The summed E-state index contributed by atoms with van der Waals surface area (Å²) in [4.78, 5) is 0. The van der Waals surface area contributed by atoms with E-state index in [0.29, 0.717) is 28.2 Å². The van der Waals surface area contributed by atoms with Gasteiger partial charge in [0.25, 0.3) is 0 Å². The van der Waals surface area contributed by atoms with Crippen molar-refractivity contribution in [3.63, 3.8) is 0 Å². The molecule has 0 fully saturated rings. The topological polar surface area (TPSA) is 69.9 Å². The summed E-state index contributed by atoms with van der Waals surface area (Å²) in [6.45, 7) is 4.21. The van der Waals surface area contributed by atoms with Crippen LogP contribution in [-0.4, -0.2) is 22.4 Å². The standard InChI is InChI=1S/C24H26O4/c1-13-9-14(2)21-15(10-13)7-8-18(24(21)27)22-16(12-25)11-20(28-3)23-17(22)5-4-6-19(23)26/h4-8,11,13-14,25-27H,9-10,12H2,1-3H3. The highest BCUT2D eigenvalue weighted by atomic mass is 16.5. The van der Waals surface area contributed by atoms with Crippen molar-refractivity contribution in [3.8, 4) is 28.4 Å². The fourth-order valence-electron chi connectivity index (χ4n) is 4.85. The van der Waals surface area contributed by atoms with E-state index in [1.54, 1.807) is 25.3 Å². The Morgan fingerprint density at radius 3 is 2.61 bits per heavy atom. The molecule has 3 N–H and O–H groups in total. The first-order chi connectivity index (χ1) is 13.5. The van der Waals surface area contributed by atoms with Gasteiger partial charge < -0.3 is 20.1 Å². The number of phenolic OH excluding ortho intramolecular Hbond substituents is 2. The van der Waals surface area contributed by atoms with Gasteiger partial charge in [0.1, 0.15) is 17.2 Å². The number of benzene rings is 3. The van der Waals surface area contributed by atoms with Gasteiger partial charge in [-0.05, 0) is 58.9 Å². The van der Waals surface area contributed by atoms with Gasteiger partial charge in [-0.3, -0.25) is 0 Å². The predicted octanol–water partition coefficient (Wildman–Crippen LogP) is 5.10. The Kier molecular flexibility index (Phi) is 4.68. The molecule has 0 radical (unpaired) electrons. The summed E-state index contributed by atoms with van der Waals surface area (Å²) in [5, 5.41) is 33.1. The van der Waals surface area contributed by atoms with Gasteiger partial charge in [0, 0.05) is 11.1 Å². The molecular weight excluding hydrogens is 352 g/mol. The molecule has 4 rings (SSSR count). The van der Waals surface area contributed by atoms with Crippen LogP contribution in [0.4, 0.5) is 0 Å². The van der Waals surface area contributed by atoms with Gasteiger partial charge in [-0.1, -0.05) is 38.1 Å². The van der Waals surface area contributed by atoms with Gasteiger partial charge in [0.2, 0.25) is 0 Å². The lowest BCUT2D eigenvalue weighted by atomic mass is 9.76. The molecule has 28 heavy (non-hydrogen) atoms. The molecule has 0 saturated carbocycles. The highest BCUT2D eigenvalue weighted by Gasteiger charge is 2.27. The van der Waals surface area contributed by atoms with Crippen LogP contribution in [-0.2, 0) is 13.0 Å². The maximum atomic E-state index is 11.2. The summed E-state index contributed by atoms with van der Waals surface area (Å²) in [5.41, 5.74) is 4.27. The van der Waals surface area contributed by atoms with Crippen molar-refractivity contribution < 1.29 is 20.1 Å². The summed E-state index contributed by atoms with van der Waals surface area (Å²) in [7, 11) is 1.54. The minimum absolute atomic E-state index is 0.111. The summed E-state index contributed by atoms with van der Waals surface area (Å²) in [6.07, 6.45) is 2.01. The minimum Gasteiger partial charge on any atom is -0.507 e. The third-order valence-electron chi connectivity index (χ3n) is 5.97. The largest absolute Gasteiger partial charge is 0.507 e. The maximum absolute atomic E-state index is 11.2. The number of aromatic hydroxyl groups is 2. The summed E-state index contributed by atoms with van der Waals surface area (Å²) >= 11 is 0. The molecule has 0 spiro atoms. The van der Waals surface area contributed by atoms with Gasteiger partial charge in [0.15, 0.2) is 0 Å². The molecule has 0 amide bonds. The molecule has 3 aromatic rings. The van der Waals surface area contributed by atoms with Gasteiger partial charge in [-0.15, -0.1) is 0 Å². The van der Waals surface area contributed by atoms with Crippen molar-refractivity contribution in [1.29, 1.82) is 0 Å². The second-order valence-electron chi connectivity index (χ2n) is 7.95. The van der Waals surface area contributed by atoms with E-state index in [4.69, 9.17) is 4.74 Å². The molecule has 1 aliphatic carbocycles. The zero-order chi connectivity index (χ0) is 20.0. The van der Waals surface area contributed by atoms with Crippen molar-refractivity contribution >= 4 is 10.8 Å². The number of aliphatic hydroxyl groups excluding tert-OH is 1. The van der Waals surface area contributed by atoms with E-state index < -0.39 is 0 Å². The molecule has 0 aromatic heterocycles. The van der Waals surface area contributed by atoms with Crippen LogP contribution in [0.1, 0.15) is 42.9 Å². The molecule has 0 aliphatic heterocycles. The third-order valence-corrected chi connectivity index (χ3v) is 5.97. The Morgan fingerprint density at radius 1 is 1.11 bits per heavy atom. The Labute approximate surface area is 165 Å². The molecule has 0 saturated heterocycles. The minimum atomic E-state index is -0.194. The normalized spacial score (nSPS) is 18.9. The first-order valence-corrected chi connectivity index (χ1v) is 9.73. The Bertz CT molecular complexity index is 1050. The van der Waals surface area contributed by atoms with Gasteiger partial charge >= 0.3 is 0 Å². The molecule has 146 valence electrons. The zero-order valence-electron chi connectivity index (χ0n) is 16.5. The third kappa shape index (κ3) is 2.80. The second-order valence-corrected chi connectivity index (χ2v) is 7.95. The fraction of sp³-hybridized carbons (Fsp3) is 0.333. The van der Waals surface area contributed by atoms with Crippen LogP contribution in [0.5, 0.6) is 17.2 Å². The number of ether oxygens (including phenoxy) is 1. The predicted molar refractivity (Wildman–Crippen MR) is 111 cm³/mol. The van der Waals surface area contributed by atoms with Crippen molar-refractivity contribution in [1.82, 2.24) is 0 Å². The second kappa shape index (κ2) is 7.02. The lowest BCUT2D eigenvalue weighted by Gasteiger charge is -2.29. The van der Waals surface area contributed by atoms with Gasteiger partial charge in [-0.25, -0.2) is 0 Å². The zero-order valence-corrected chi connectivity index (χ0v) is 16.5. The number of hydrogen-bond acceptors (Lipinski definition) is 4. The number of fused-ring (bicyclic) bond motifs is 2. The average molecular weight is 378 g/mol. The van der Waals surface area contributed by atoms with Crippen LogP contribution >= 0.6 is 0 Å². The number of aliphatic hydroxyl groups is 1. The molecule has 3 aromatic carbocycles. The molecule has 0 heterocycles. The highest BCUT2D eigenvalue weighted by molar-refractivity contribution is 6.05. The van der Waals surface area contributed by atoms with E-state index in [9.17, 15) is 15.3 Å². The van der Waals surface area contributed by atoms with E-state index in [1.165, 1.54) is 5.56 Å². The molecule has 0 bridgehead atoms. The van der Waals surface area contributed by atoms with Crippen molar-refractivity contribution in [2.75, 3.05) is 7.11 Å².